The largest absolute Gasteiger partial charge is 0.358 e. The van der Waals surface area contributed by atoms with Crippen LogP contribution in [-0.2, 0) is 21.7 Å². The minimum absolute atomic E-state index is 0.0165. The minimum atomic E-state index is 0.0165. The van der Waals surface area contributed by atoms with Gasteiger partial charge in [-0.15, -0.1) is 4.65 Å². The van der Waals surface area contributed by atoms with Crippen LogP contribution in [0, 0.1) is 5.92 Å². The van der Waals surface area contributed by atoms with Gasteiger partial charge in [-0.25, -0.2) is 4.79 Å². The number of amides is 1. The minimum Gasteiger partial charge on any atom is -0.358 e. The zero-order valence-corrected chi connectivity index (χ0v) is 17.4. The Labute approximate surface area is 172 Å². The standard InChI is InChI=1S/C24H29N3O2/c1-24-12-13-25-23(24)26(2)21-10-9-18(15-20(21)24)19-11-14-27(3,22(19)28)29-16-17-7-5-4-6-8-17/h4-10,15,23,25H,11-14,16H2,1-3H3/q+1/t23?,24-,27+/m0/s1. The van der Waals surface area contributed by atoms with Gasteiger partial charge in [0.05, 0.1) is 6.17 Å². The Morgan fingerprint density at radius 3 is 2.83 bits per heavy atom. The molecule has 5 heteroatoms. The highest BCUT2D eigenvalue weighted by Gasteiger charge is 2.52. The van der Waals surface area contributed by atoms with Gasteiger partial charge in [-0.2, -0.15) is 4.84 Å². The summed E-state index contributed by atoms with van der Waals surface area (Å²) in [6, 6.07) is 16.6. The number of hydrogen-bond acceptors (Lipinski definition) is 4. The summed E-state index contributed by atoms with van der Waals surface area (Å²) in [7, 11) is 4.05. The maximum atomic E-state index is 13.3. The summed E-state index contributed by atoms with van der Waals surface area (Å²) >= 11 is 0. The molecule has 151 valence electrons. The Morgan fingerprint density at radius 1 is 1.24 bits per heavy atom. The summed E-state index contributed by atoms with van der Waals surface area (Å²) in [6.07, 6.45) is 2.21. The highest BCUT2D eigenvalue weighted by Crippen LogP contribution is 2.49. The second-order valence-corrected chi connectivity index (χ2v) is 8.98. The lowest BCUT2D eigenvalue weighted by atomic mass is 9.80. The summed E-state index contributed by atoms with van der Waals surface area (Å²) in [5.41, 5.74) is 4.88. The SMILES string of the molecule is CN1c2ccc([C]3CC[N@@+](C)(OCc4ccccc4)C3=O)cc2[C@]2(C)CCNC12. The number of nitrogens with zero attached hydrogens (tertiary/aromatic N) is 2. The van der Waals surface area contributed by atoms with Gasteiger partial charge in [0, 0.05) is 24.6 Å². The van der Waals surface area contributed by atoms with E-state index >= 15 is 0 Å². The van der Waals surface area contributed by atoms with E-state index in [1.807, 2.05) is 37.4 Å². The molecule has 1 unspecified atom stereocenters. The molecule has 29 heavy (non-hydrogen) atoms. The number of nitrogens with one attached hydrogen (secondary N) is 1. The molecule has 3 aliphatic rings. The van der Waals surface area contributed by atoms with Crippen LogP contribution in [0.25, 0.3) is 0 Å². The number of benzene rings is 2. The van der Waals surface area contributed by atoms with E-state index in [4.69, 9.17) is 4.84 Å². The molecule has 1 N–H and O–H groups in total. The zero-order valence-electron chi connectivity index (χ0n) is 17.4. The van der Waals surface area contributed by atoms with Crippen molar-refractivity contribution in [2.75, 3.05) is 32.1 Å². The summed E-state index contributed by atoms with van der Waals surface area (Å²) < 4.78 is 0.0165. The van der Waals surface area contributed by atoms with E-state index in [9.17, 15) is 4.79 Å². The first kappa shape index (κ1) is 18.8. The molecule has 2 saturated heterocycles. The van der Waals surface area contributed by atoms with Gasteiger partial charge in [-0.3, -0.25) is 5.32 Å². The van der Waals surface area contributed by atoms with Crippen molar-refractivity contribution >= 4 is 11.6 Å². The molecule has 2 fully saturated rings. The van der Waals surface area contributed by atoms with Crippen LogP contribution < -0.4 is 10.2 Å². The summed E-state index contributed by atoms with van der Waals surface area (Å²) in [6.45, 7) is 4.50. The quantitative estimate of drug-likeness (QED) is 0.813. The van der Waals surface area contributed by atoms with E-state index in [2.05, 4.69) is 42.4 Å². The van der Waals surface area contributed by atoms with Gasteiger partial charge in [-0.05, 0) is 35.7 Å². The van der Waals surface area contributed by atoms with E-state index in [-0.39, 0.29) is 16.0 Å². The molecule has 3 atom stereocenters. The fraction of sp³-hybridized carbons (Fsp3) is 0.417. The zero-order chi connectivity index (χ0) is 20.2. The molecule has 1 radical (unpaired) electrons. The molecular weight excluding hydrogens is 362 g/mol. The lowest BCUT2D eigenvalue weighted by Crippen LogP contribution is -2.45. The van der Waals surface area contributed by atoms with Gasteiger partial charge in [0.1, 0.15) is 26.1 Å². The molecule has 0 spiro atoms. The van der Waals surface area contributed by atoms with Crippen LogP contribution >= 0.6 is 0 Å². The maximum absolute atomic E-state index is 13.3. The van der Waals surface area contributed by atoms with E-state index in [0.717, 1.165) is 36.4 Å². The molecule has 5 rings (SSSR count). The molecule has 3 aliphatic heterocycles. The van der Waals surface area contributed by atoms with Crippen molar-refractivity contribution in [1.29, 1.82) is 0 Å². The molecule has 2 aromatic rings. The van der Waals surface area contributed by atoms with Crippen LogP contribution in [0.3, 0.4) is 0 Å². The lowest BCUT2D eigenvalue weighted by Gasteiger charge is -2.27. The van der Waals surface area contributed by atoms with Crippen molar-refractivity contribution in [2.24, 2.45) is 0 Å². The third kappa shape index (κ3) is 2.83. The molecule has 3 heterocycles. The van der Waals surface area contributed by atoms with Crippen molar-refractivity contribution in [3.05, 3.63) is 71.1 Å². The van der Waals surface area contributed by atoms with Gasteiger partial charge in [-0.1, -0.05) is 49.4 Å². The monoisotopic (exact) mass is 391 g/mol. The molecule has 0 aliphatic carbocycles. The summed E-state index contributed by atoms with van der Waals surface area (Å²) in [4.78, 5) is 21.7. The number of anilines is 1. The topological polar surface area (TPSA) is 41.6 Å². The number of carbonyl (C=O) groups excluding carboxylic acids is 1. The fourth-order valence-corrected chi connectivity index (χ4v) is 5.31. The van der Waals surface area contributed by atoms with E-state index in [1.54, 1.807) is 0 Å². The predicted molar refractivity (Wildman–Crippen MR) is 113 cm³/mol. The Morgan fingerprint density at radius 2 is 2.03 bits per heavy atom. The Hall–Kier alpha value is -2.21. The van der Waals surface area contributed by atoms with E-state index < -0.39 is 0 Å². The first-order chi connectivity index (χ1) is 13.9. The van der Waals surface area contributed by atoms with Crippen molar-refractivity contribution in [1.82, 2.24) is 5.32 Å². The van der Waals surface area contributed by atoms with Crippen molar-refractivity contribution in [2.45, 2.75) is 38.0 Å². The van der Waals surface area contributed by atoms with Gasteiger partial charge >= 0.3 is 5.91 Å². The third-order valence-corrected chi connectivity index (χ3v) is 7.15. The number of hydroxylamine groups is 3. The number of hydrogen-bond donors (Lipinski definition) is 1. The van der Waals surface area contributed by atoms with Crippen LogP contribution in [0.2, 0.25) is 0 Å². The van der Waals surface area contributed by atoms with Gasteiger partial charge < -0.3 is 4.90 Å². The highest BCUT2D eigenvalue weighted by atomic mass is 16.7. The number of carbonyl (C=O) groups is 1. The fourth-order valence-electron chi connectivity index (χ4n) is 5.31. The average Bonchev–Trinajstić information content (AvgIpc) is 3.33. The second-order valence-electron chi connectivity index (χ2n) is 8.98. The Bertz CT molecular complexity index is 946. The predicted octanol–water partition coefficient (Wildman–Crippen LogP) is 3.14. The van der Waals surface area contributed by atoms with Crippen LogP contribution in [-0.4, -0.2) is 43.9 Å². The smallest absolute Gasteiger partial charge is 0.358 e. The molecule has 0 aromatic heterocycles. The Kier molecular flexibility index (Phi) is 4.32. The average molecular weight is 392 g/mol. The van der Waals surface area contributed by atoms with Gasteiger partial charge in [0.15, 0.2) is 0 Å². The van der Waals surface area contributed by atoms with E-state index in [0.29, 0.717) is 19.3 Å². The van der Waals surface area contributed by atoms with Crippen LogP contribution in [0.5, 0.6) is 0 Å². The first-order valence-corrected chi connectivity index (χ1v) is 10.5. The number of fused-ring (bicyclic) bond motifs is 3. The highest BCUT2D eigenvalue weighted by molar-refractivity contribution is 5.91. The molecule has 0 bridgehead atoms. The molecule has 1 amide bonds. The van der Waals surface area contributed by atoms with Gasteiger partial charge in [0.2, 0.25) is 0 Å². The number of likely N-dealkylation sites (tertiary alicyclic amines) is 1. The Balaban J connectivity index is 1.38. The molecular formula is C24H29N3O2+. The first-order valence-electron chi connectivity index (χ1n) is 10.5. The summed E-state index contributed by atoms with van der Waals surface area (Å²) in [5, 5.41) is 3.63. The van der Waals surface area contributed by atoms with E-state index in [1.165, 1.54) is 11.3 Å². The van der Waals surface area contributed by atoms with Gasteiger partial charge in [0.25, 0.3) is 0 Å². The molecule has 5 nitrogen and oxygen atoms in total. The maximum Gasteiger partial charge on any atom is 0.358 e. The second kappa shape index (κ2) is 6.66. The van der Waals surface area contributed by atoms with Crippen LogP contribution in [0.15, 0.2) is 48.5 Å². The normalized spacial score (nSPS) is 31.3. The lowest BCUT2D eigenvalue weighted by molar-refractivity contribution is -1.03. The van der Waals surface area contributed by atoms with Crippen LogP contribution in [0.4, 0.5) is 5.69 Å². The van der Waals surface area contributed by atoms with Crippen LogP contribution in [0.1, 0.15) is 36.5 Å². The van der Waals surface area contributed by atoms with Crippen molar-refractivity contribution in [3.8, 4) is 0 Å². The number of quaternary nitrogens is 1. The number of rotatable bonds is 4. The van der Waals surface area contributed by atoms with Crippen molar-refractivity contribution in [3.63, 3.8) is 0 Å². The number of likely N-dealkylation sites (N-methyl/N-ethyl adjacent to an activating group) is 2. The summed E-state index contributed by atoms with van der Waals surface area (Å²) in [5.74, 6) is 0.975. The van der Waals surface area contributed by atoms with Crippen molar-refractivity contribution < 1.29 is 14.3 Å². The molecule has 0 saturated carbocycles. The molecule has 2 aromatic carbocycles. The third-order valence-electron chi connectivity index (χ3n) is 7.15.